The van der Waals surface area contributed by atoms with E-state index < -0.39 is 0 Å². The molecule has 2 aliphatic heterocycles. The van der Waals surface area contributed by atoms with Crippen LogP contribution < -0.4 is 9.47 Å². The second-order valence-corrected chi connectivity index (χ2v) is 6.40. The summed E-state index contributed by atoms with van der Waals surface area (Å²) < 4.78 is 21.9. The normalized spacial score (nSPS) is 27.9. The molecule has 0 bridgehead atoms. The van der Waals surface area contributed by atoms with Gasteiger partial charge in [-0.1, -0.05) is 0 Å². The lowest BCUT2D eigenvalue weighted by Gasteiger charge is -2.26. The fraction of sp³-hybridized carbons (Fsp3) is 0.647. The molecule has 5 nitrogen and oxygen atoms in total. The van der Waals surface area contributed by atoms with Crippen LogP contribution in [0.5, 0.6) is 11.5 Å². The molecule has 22 heavy (non-hydrogen) atoms. The predicted octanol–water partition coefficient (Wildman–Crippen LogP) is 1.80. The molecule has 2 atom stereocenters. The first-order valence-corrected chi connectivity index (χ1v) is 7.70. The Balaban J connectivity index is 1.72. The van der Waals surface area contributed by atoms with Crippen molar-refractivity contribution in [1.29, 1.82) is 0 Å². The summed E-state index contributed by atoms with van der Waals surface area (Å²) in [5.41, 5.74) is 1.38. The van der Waals surface area contributed by atoms with Crippen LogP contribution >= 0.6 is 0 Å². The van der Waals surface area contributed by atoms with Crippen molar-refractivity contribution in [2.45, 2.75) is 6.54 Å². The molecule has 2 saturated heterocycles. The second kappa shape index (κ2) is 6.44. The van der Waals surface area contributed by atoms with Gasteiger partial charge in [0, 0.05) is 44.1 Å². The molecule has 0 aromatic heterocycles. The fourth-order valence-corrected chi connectivity index (χ4v) is 3.77. The zero-order chi connectivity index (χ0) is 15.6. The quantitative estimate of drug-likeness (QED) is 0.801. The molecule has 0 saturated carbocycles. The number of rotatable bonds is 6. The minimum atomic E-state index is 0.164. The third kappa shape index (κ3) is 2.93. The van der Waals surface area contributed by atoms with E-state index in [0.717, 1.165) is 51.0 Å². The Morgan fingerprint density at radius 2 is 1.91 bits per heavy atom. The SMILES string of the molecule is COC[C@]12COC[C@H]1CN(Cc1cc(OC)cc(OC)c1)C2. The highest BCUT2D eigenvalue weighted by Gasteiger charge is 2.50. The molecule has 0 amide bonds. The van der Waals surface area contributed by atoms with Gasteiger partial charge >= 0.3 is 0 Å². The van der Waals surface area contributed by atoms with Crippen LogP contribution in [0.4, 0.5) is 0 Å². The third-order valence-corrected chi connectivity index (χ3v) is 4.84. The minimum Gasteiger partial charge on any atom is -0.497 e. The molecule has 0 unspecified atom stereocenters. The number of hydrogen-bond donors (Lipinski definition) is 0. The molecular formula is C17H25NO4. The maximum absolute atomic E-state index is 5.69. The van der Waals surface area contributed by atoms with E-state index in [4.69, 9.17) is 18.9 Å². The Hall–Kier alpha value is -1.30. The second-order valence-electron chi connectivity index (χ2n) is 6.40. The van der Waals surface area contributed by atoms with E-state index in [1.54, 1.807) is 21.3 Å². The summed E-state index contributed by atoms with van der Waals surface area (Å²) in [6.07, 6.45) is 0. The Morgan fingerprint density at radius 3 is 2.55 bits per heavy atom. The molecule has 1 aromatic carbocycles. The van der Waals surface area contributed by atoms with Crippen LogP contribution in [-0.4, -0.2) is 59.1 Å². The smallest absolute Gasteiger partial charge is 0.122 e. The van der Waals surface area contributed by atoms with E-state index in [-0.39, 0.29) is 5.41 Å². The maximum atomic E-state index is 5.69. The van der Waals surface area contributed by atoms with Gasteiger partial charge in [0.2, 0.25) is 0 Å². The summed E-state index contributed by atoms with van der Waals surface area (Å²) in [7, 11) is 5.15. The van der Waals surface area contributed by atoms with Crippen LogP contribution in [0.15, 0.2) is 18.2 Å². The largest absolute Gasteiger partial charge is 0.497 e. The molecule has 0 radical (unpaired) electrons. The summed E-state index contributed by atoms with van der Waals surface area (Å²) in [4.78, 5) is 2.49. The lowest BCUT2D eigenvalue weighted by Crippen LogP contribution is -2.35. The first kappa shape index (κ1) is 15.6. The van der Waals surface area contributed by atoms with Crippen molar-refractivity contribution in [2.24, 2.45) is 11.3 Å². The van der Waals surface area contributed by atoms with Crippen molar-refractivity contribution in [2.75, 3.05) is 54.2 Å². The molecule has 5 heteroatoms. The van der Waals surface area contributed by atoms with Gasteiger partial charge in [-0.2, -0.15) is 0 Å². The molecule has 2 heterocycles. The van der Waals surface area contributed by atoms with E-state index in [1.807, 2.05) is 6.07 Å². The van der Waals surface area contributed by atoms with Crippen molar-refractivity contribution in [1.82, 2.24) is 4.90 Å². The zero-order valence-electron chi connectivity index (χ0n) is 13.6. The first-order chi connectivity index (χ1) is 10.7. The van der Waals surface area contributed by atoms with Crippen LogP contribution in [0.2, 0.25) is 0 Å². The van der Waals surface area contributed by atoms with Crippen LogP contribution in [0.1, 0.15) is 5.56 Å². The van der Waals surface area contributed by atoms with Gasteiger partial charge in [-0.05, 0) is 17.7 Å². The summed E-state index contributed by atoms with van der Waals surface area (Å²) in [6, 6.07) is 6.06. The molecule has 2 fully saturated rings. The van der Waals surface area contributed by atoms with Crippen molar-refractivity contribution in [3.63, 3.8) is 0 Å². The summed E-state index contributed by atoms with van der Waals surface area (Å²) in [5.74, 6) is 2.24. The highest BCUT2D eigenvalue weighted by atomic mass is 16.5. The van der Waals surface area contributed by atoms with Gasteiger partial charge in [-0.15, -0.1) is 0 Å². The first-order valence-electron chi connectivity index (χ1n) is 7.70. The average Bonchev–Trinajstić information content (AvgIpc) is 3.03. The van der Waals surface area contributed by atoms with Crippen molar-refractivity contribution in [3.8, 4) is 11.5 Å². The molecule has 1 aromatic rings. The van der Waals surface area contributed by atoms with Gasteiger partial charge in [-0.25, -0.2) is 0 Å². The number of fused-ring (bicyclic) bond motifs is 1. The number of nitrogens with zero attached hydrogens (tertiary/aromatic N) is 1. The number of benzene rings is 1. The van der Waals surface area contributed by atoms with E-state index in [2.05, 4.69) is 17.0 Å². The number of methoxy groups -OCH3 is 3. The highest BCUT2D eigenvalue weighted by Crippen LogP contribution is 2.42. The average molecular weight is 307 g/mol. The van der Waals surface area contributed by atoms with E-state index >= 15 is 0 Å². The Labute approximate surface area is 132 Å². The molecular weight excluding hydrogens is 282 g/mol. The molecule has 3 rings (SSSR count). The summed E-state index contributed by atoms with van der Waals surface area (Å²) in [5, 5.41) is 0. The van der Waals surface area contributed by atoms with Gasteiger partial charge < -0.3 is 18.9 Å². The summed E-state index contributed by atoms with van der Waals surface area (Å²) >= 11 is 0. The number of likely N-dealkylation sites (tertiary alicyclic amines) is 1. The Bertz CT molecular complexity index is 499. The molecule has 2 aliphatic rings. The Kier molecular flexibility index (Phi) is 4.57. The van der Waals surface area contributed by atoms with Crippen molar-refractivity contribution < 1.29 is 18.9 Å². The van der Waals surface area contributed by atoms with Crippen LogP contribution in [0.25, 0.3) is 0 Å². The zero-order valence-corrected chi connectivity index (χ0v) is 13.6. The van der Waals surface area contributed by atoms with Gasteiger partial charge in [0.25, 0.3) is 0 Å². The van der Waals surface area contributed by atoms with Crippen molar-refractivity contribution in [3.05, 3.63) is 23.8 Å². The predicted molar refractivity (Wildman–Crippen MR) is 83.4 cm³/mol. The molecule has 0 aliphatic carbocycles. The third-order valence-electron chi connectivity index (χ3n) is 4.84. The highest BCUT2D eigenvalue weighted by molar-refractivity contribution is 5.38. The lowest BCUT2D eigenvalue weighted by atomic mass is 9.82. The molecule has 0 N–H and O–H groups in total. The number of hydrogen-bond acceptors (Lipinski definition) is 5. The Morgan fingerprint density at radius 1 is 1.18 bits per heavy atom. The maximum Gasteiger partial charge on any atom is 0.122 e. The van der Waals surface area contributed by atoms with Gasteiger partial charge in [0.15, 0.2) is 0 Å². The topological polar surface area (TPSA) is 40.2 Å². The minimum absolute atomic E-state index is 0.164. The van der Waals surface area contributed by atoms with Gasteiger partial charge in [0.1, 0.15) is 11.5 Å². The number of ether oxygens (including phenoxy) is 4. The standard InChI is InChI=1S/C17H25NO4/c1-19-11-17-10-18(8-14(17)9-22-12-17)7-13-4-15(20-2)6-16(5-13)21-3/h4-6,14H,7-12H2,1-3H3/t14-,17-/m1/s1. The van der Waals surface area contributed by atoms with Gasteiger partial charge in [-0.3, -0.25) is 4.90 Å². The lowest BCUT2D eigenvalue weighted by molar-refractivity contribution is 0.0533. The van der Waals surface area contributed by atoms with Gasteiger partial charge in [0.05, 0.1) is 34.0 Å². The van der Waals surface area contributed by atoms with E-state index in [0.29, 0.717) is 5.92 Å². The molecule has 122 valence electrons. The summed E-state index contributed by atoms with van der Waals surface area (Å²) in [6.45, 7) is 5.41. The van der Waals surface area contributed by atoms with Crippen LogP contribution in [0.3, 0.4) is 0 Å². The molecule has 0 spiro atoms. The van der Waals surface area contributed by atoms with Crippen LogP contribution in [0, 0.1) is 11.3 Å². The monoisotopic (exact) mass is 307 g/mol. The van der Waals surface area contributed by atoms with Crippen LogP contribution in [-0.2, 0) is 16.0 Å². The van der Waals surface area contributed by atoms with E-state index in [9.17, 15) is 0 Å². The fourth-order valence-electron chi connectivity index (χ4n) is 3.77. The van der Waals surface area contributed by atoms with Crippen molar-refractivity contribution >= 4 is 0 Å². The van der Waals surface area contributed by atoms with E-state index in [1.165, 1.54) is 5.56 Å².